The molecule has 0 aromatic heterocycles. The predicted molar refractivity (Wildman–Crippen MR) is 119 cm³/mol. The van der Waals surface area contributed by atoms with Crippen LogP contribution in [0.1, 0.15) is 73.8 Å². The van der Waals surface area contributed by atoms with E-state index in [2.05, 4.69) is 80.4 Å². The number of hydrogen-bond donors (Lipinski definition) is 1. The standard InChI is InChI=1S/C26H33NO/c1-5-11-23-17-20(3)18-25(21(4)19-22-13-8-7-9-14-22)24(23)15-10-16-27-26(28)12-6-2/h7-9,13-14,17-18,21H,5-6,11-12,16,19H2,1-4H3,(H,27,28). The van der Waals surface area contributed by atoms with Crippen LogP contribution >= 0.6 is 0 Å². The molecule has 2 aromatic carbocycles. The highest BCUT2D eigenvalue weighted by Crippen LogP contribution is 2.28. The van der Waals surface area contributed by atoms with Crippen LogP contribution in [-0.4, -0.2) is 12.5 Å². The summed E-state index contributed by atoms with van der Waals surface area (Å²) in [4.78, 5) is 11.7. The summed E-state index contributed by atoms with van der Waals surface area (Å²) in [5, 5.41) is 2.89. The van der Waals surface area contributed by atoms with Crippen molar-refractivity contribution in [3.8, 4) is 11.8 Å². The van der Waals surface area contributed by atoms with Crippen LogP contribution in [0.5, 0.6) is 0 Å². The summed E-state index contributed by atoms with van der Waals surface area (Å²) < 4.78 is 0. The van der Waals surface area contributed by atoms with Gasteiger partial charge in [-0.25, -0.2) is 0 Å². The van der Waals surface area contributed by atoms with Gasteiger partial charge in [-0.05, 0) is 48.8 Å². The van der Waals surface area contributed by atoms with E-state index in [1.165, 1.54) is 22.3 Å². The first kappa shape index (κ1) is 21.8. The number of nitrogens with one attached hydrogen (secondary N) is 1. The summed E-state index contributed by atoms with van der Waals surface area (Å²) >= 11 is 0. The zero-order valence-corrected chi connectivity index (χ0v) is 17.8. The van der Waals surface area contributed by atoms with E-state index < -0.39 is 0 Å². The molecule has 2 aromatic rings. The number of amides is 1. The molecule has 0 heterocycles. The zero-order chi connectivity index (χ0) is 20.4. The molecule has 0 saturated heterocycles. The topological polar surface area (TPSA) is 29.1 Å². The summed E-state index contributed by atoms with van der Waals surface area (Å²) in [5.41, 5.74) is 6.43. The van der Waals surface area contributed by atoms with E-state index in [-0.39, 0.29) is 5.91 Å². The molecule has 2 rings (SSSR count). The van der Waals surface area contributed by atoms with Crippen molar-refractivity contribution in [2.24, 2.45) is 0 Å². The Morgan fingerprint density at radius 2 is 1.86 bits per heavy atom. The van der Waals surface area contributed by atoms with E-state index in [0.29, 0.717) is 18.9 Å². The van der Waals surface area contributed by atoms with Crippen LogP contribution in [0.15, 0.2) is 42.5 Å². The SMILES string of the molecule is CCCC(=O)NCC#Cc1c(CCC)cc(C)cc1C(C)Cc1ccccc1. The maximum Gasteiger partial charge on any atom is 0.220 e. The average Bonchev–Trinajstić information content (AvgIpc) is 2.67. The van der Waals surface area contributed by atoms with Crippen molar-refractivity contribution in [3.63, 3.8) is 0 Å². The Hall–Kier alpha value is -2.53. The zero-order valence-electron chi connectivity index (χ0n) is 17.8. The maximum absolute atomic E-state index is 11.7. The molecular formula is C26H33NO. The van der Waals surface area contributed by atoms with Gasteiger partial charge in [-0.15, -0.1) is 0 Å². The number of carbonyl (C=O) groups excluding carboxylic acids is 1. The molecule has 0 aliphatic rings. The molecule has 1 amide bonds. The van der Waals surface area contributed by atoms with Gasteiger partial charge in [-0.2, -0.15) is 0 Å². The molecule has 148 valence electrons. The van der Waals surface area contributed by atoms with Gasteiger partial charge in [0.15, 0.2) is 0 Å². The fourth-order valence-electron chi connectivity index (χ4n) is 3.57. The first-order valence-corrected chi connectivity index (χ1v) is 10.5. The van der Waals surface area contributed by atoms with Crippen LogP contribution in [0.4, 0.5) is 0 Å². The molecular weight excluding hydrogens is 342 g/mol. The summed E-state index contributed by atoms with van der Waals surface area (Å²) in [6, 6.07) is 15.2. The largest absolute Gasteiger partial charge is 0.345 e. The van der Waals surface area contributed by atoms with Crippen LogP contribution in [0.3, 0.4) is 0 Å². The van der Waals surface area contributed by atoms with Gasteiger partial charge in [0.25, 0.3) is 0 Å². The number of carbonyl (C=O) groups is 1. The van der Waals surface area contributed by atoms with E-state index in [1.807, 2.05) is 6.92 Å². The summed E-state index contributed by atoms with van der Waals surface area (Å²) in [7, 11) is 0. The second kappa shape index (κ2) is 11.3. The molecule has 28 heavy (non-hydrogen) atoms. The van der Waals surface area contributed by atoms with Crippen molar-refractivity contribution in [1.82, 2.24) is 5.32 Å². The van der Waals surface area contributed by atoms with Crippen molar-refractivity contribution < 1.29 is 4.79 Å². The van der Waals surface area contributed by atoms with Crippen molar-refractivity contribution >= 4 is 5.91 Å². The van der Waals surface area contributed by atoms with Crippen molar-refractivity contribution in [1.29, 1.82) is 0 Å². The maximum atomic E-state index is 11.7. The van der Waals surface area contributed by atoms with Gasteiger partial charge < -0.3 is 5.32 Å². The Kier molecular flexibility index (Phi) is 8.82. The lowest BCUT2D eigenvalue weighted by Gasteiger charge is -2.18. The molecule has 0 bridgehead atoms. The van der Waals surface area contributed by atoms with Gasteiger partial charge in [0.2, 0.25) is 5.91 Å². The van der Waals surface area contributed by atoms with Crippen molar-refractivity contribution in [2.45, 2.75) is 65.7 Å². The number of benzene rings is 2. The third kappa shape index (κ3) is 6.57. The van der Waals surface area contributed by atoms with Crippen LogP contribution in [-0.2, 0) is 17.6 Å². The lowest BCUT2D eigenvalue weighted by atomic mass is 9.86. The van der Waals surface area contributed by atoms with E-state index in [4.69, 9.17) is 0 Å². The molecule has 0 spiro atoms. The normalized spacial score (nSPS) is 11.4. The van der Waals surface area contributed by atoms with Gasteiger partial charge in [-0.1, -0.05) is 87.1 Å². The minimum absolute atomic E-state index is 0.0761. The van der Waals surface area contributed by atoms with Gasteiger partial charge >= 0.3 is 0 Å². The number of aryl methyl sites for hydroxylation is 2. The Balaban J connectivity index is 2.29. The first-order valence-electron chi connectivity index (χ1n) is 10.5. The van der Waals surface area contributed by atoms with Crippen LogP contribution in [0, 0.1) is 18.8 Å². The summed E-state index contributed by atoms with van der Waals surface area (Å²) in [6.45, 7) is 9.07. The summed E-state index contributed by atoms with van der Waals surface area (Å²) in [5.74, 6) is 7.04. The Bertz CT molecular complexity index is 827. The van der Waals surface area contributed by atoms with Crippen LogP contribution < -0.4 is 5.32 Å². The Morgan fingerprint density at radius 3 is 2.54 bits per heavy atom. The lowest BCUT2D eigenvalue weighted by Crippen LogP contribution is -2.22. The van der Waals surface area contributed by atoms with E-state index in [9.17, 15) is 4.79 Å². The molecule has 0 radical (unpaired) electrons. The molecule has 1 atom stereocenters. The molecule has 1 unspecified atom stereocenters. The average molecular weight is 376 g/mol. The van der Waals surface area contributed by atoms with Gasteiger partial charge in [0, 0.05) is 12.0 Å². The van der Waals surface area contributed by atoms with Crippen molar-refractivity contribution in [3.05, 3.63) is 70.3 Å². The third-order valence-corrected chi connectivity index (χ3v) is 4.89. The molecule has 1 N–H and O–H groups in total. The third-order valence-electron chi connectivity index (χ3n) is 4.89. The molecule has 2 heteroatoms. The second-order valence-corrected chi connectivity index (χ2v) is 7.56. The minimum Gasteiger partial charge on any atom is -0.345 e. The van der Waals surface area contributed by atoms with Crippen molar-refractivity contribution in [2.75, 3.05) is 6.54 Å². The Morgan fingerprint density at radius 1 is 1.11 bits per heavy atom. The second-order valence-electron chi connectivity index (χ2n) is 7.56. The Labute approximate surface area is 170 Å². The molecule has 0 aliphatic heterocycles. The number of hydrogen-bond acceptors (Lipinski definition) is 1. The predicted octanol–water partition coefficient (Wildman–Crippen LogP) is 5.56. The molecule has 0 saturated carbocycles. The van der Waals surface area contributed by atoms with Crippen LogP contribution in [0.2, 0.25) is 0 Å². The van der Waals surface area contributed by atoms with Crippen LogP contribution in [0.25, 0.3) is 0 Å². The number of rotatable bonds is 8. The van der Waals surface area contributed by atoms with E-state index >= 15 is 0 Å². The van der Waals surface area contributed by atoms with E-state index in [1.54, 1.807) is 0 Å². The highest BCUT2D eigenvalue weighted by molar-refractivity contribution is 5.76. The monoisotopic (exact) mass is 375 g/mol. The fraction of sp³-hybridized carbons (Fsp3) is 0.423. The fourth-order valence-corrected chi connectivity index (χ4v) is 3.57. The molecule has 2 nitrogen and oxygen atoms in total. The van der Waals surface area contributed by atoms with Gasteiger partial charge in [-0.3, -0.25) is 4.79 Å². The molecule has 0 fully saturated rings. The quantitative estimate of drug-likeness (QED) is 0.601. The molecule has 0 aliphatic carbocycles. The van der Waals surface area contributed by atoms with Gasteiger partial charge in [0.05, 0.1) is 6.54 Å². The highest BCUT2D eigenvalue weighted by atomic mass is 16.1. The smallest absolute Gasteiger partial charge is 0.220 e. The lowest BCUT2D eigenvalue weighted by molar-refractivity contribution is -0.120. The minimum atomic E-state index is 0.0761. The van der Waals surface area contributed by atoms with E-state index in [0.717, 1.165) is 31.2 Å². The summed E-state index contributed by atoms with van der Waals surface area (Å²) in [6.07, 6.45) is 4.54. The highest BCUT2D eigenvalue weighted by Gasteiger charge is 2.14. The first-order chi connectivity index (χ1) is 13.5. The van der Waals surface area contributed by atoms with Gasteiger partial charge in [0.1, 0.15) is 0 Å².